The molecule has 0 N–H and O–H groups in total. The van der Waals surface area contributed by atoms with Gasteiger partial charge in [0.2, 0.25) is 0 Å². The van der Waals surface area contributed by atoms with Gasteiger partial charge in [-0.2, -0.15) is 35.9 Å². The minimum absolute atomic E-state index is 0. The predicted molar refractivity (Wildman–Crippen MR) is 37.9 cm³/mol. The fourth-order valence-electron chi connectivity index (χ4n) is 0.684. The molecule has 1 rings (SSSR count). The Morgan fingerprint density at radius 1 is 1.50 bits per heavy atom. The number of allylic oxidation sites excluding steroid dienone is 1. The van der Waals surface area contributed by atoms with Crippen LogP contribution in [0.25, 0.3) is 0 Å². The Kier molecular flexibility index (Phi) is 5.86. The first-order valence-corrected chi connectivity index (χ1v) is 2.92. The molecule has 1 aromatic rings. The number of hydrogen-bond donors (Lipinski definition) is 0. The van der Waals surface area contributed by atoms with Crippen molar-refractivity contribution in [3.63, 3.8) is 0 Å². The molecule has 0 atom stereocenters. The van der Waals surface area contributed by atoms with Crippen LogP contribution >= 0.6 is 0 Å². The standard InChI is InChI=1S/C9H8.Y/c1-2-6-9-7-4-3-5-8-9;/h1-5,7H,6H2;/q-2;. The maximum absolute atomic E-state index is 5.22. The molecule has 0 spiro atoms. The summed E-state index contributed by atoms with van der Waals surface area (Å²) in [5.74, 6) is 0. The molecule has 0 heterocycles. The van der Waals surface area contributed by atoms with Crippen LogP contribution in [0.5, 0.6) is 0 Å². The Bertz CT molecular complexity index is 179. The summed E-state index contributed by atoms with van der Waals surface area (Å²) in [4.78, 5) is 0. The smallest absolute Gasteiger partial charge is 0 e. The van der Waals surface area contributed by atoms with Crippen LogP contribution in [0.3, 0.4) is 0 Å². The minimum atomic E-state index is 0. The van der Waals surface area contributed by atoms with E-state index < -0.39 is 0 Å². The van der Waals surface area contributed by atoms with Crippen LogP contribution in [0.2, 0.25) is 0 Å². The molecule has 0 amide bonds. The average Bonchev–Trinajstić information content (AvgIpc) is 1.91. The third kappa shape index (κ3) is 3.29. The van der Waals surface area contributed by atoms with Gasteiger partial charge in [0.1, 0.15) is 0 Å². The maximum Gasteiger partial charge on any atom is 0 e. The zero-order chi connectivity index (χ0) is 6.53. The fourth-order valence-corrected chi connectivity index (χ4v) is 0.684. The van der Waals surface area contributed by atoms with Gasteiger partial charge in [0.15, 0.2) is 0 Å². The molecule has 0 aliphatic heterocycles. The zero-order valence-corrected chi connectivity index (χ0v) is 8.59. The maximum atomic E-state index is 5.22. The van der Waals surface area contributed by atoms with Gasteiger partial charge < -0.3 is 6.58 Å². The number of rotatable bonds is 2. The Labute approximate surface area is 87.2 Å². The monoisotopic (exact) mass is 205 g/mol. The molecule has 0 bridgehead atoms. The second-order valence-electron chi connectivity index (χ2n) is 1.83. The molecular formula is C9H8Y-2. The van der Waals surface area contributed by atoms with E-state index in [0.717, 1.165) is 12.0 Å². The molecular weight excluding hydrogens is 197 g/mol. The van der Waals surface area contributed by atoms with Crippen molar-refractivity contribution in [3.8, 4) is 0 Å². The summed E-state index contributed by atoms with van der Waals surface area (Å²) in [5.41, 5.74) is 1.14. The number of benzene rings is 1. The summed E-state index contributed by atoms with van der Waals surface area (Å²) in [6.45, 7) is 5.22. The molecule has 1 heteroatoms. The van der Waals surface area contributed by atoms with E-state index >= 15 is 0 Å². The van der Waals surface area contributed by atoms with Gasteiger partial charge in [0.05, 0.1) is 0 Å². The average molecular weight is 205 g/mol. The van der Waals surface area contributed by atoms with Gasteiger partial charge in [0.25, 0.3) is 0 Å². The fraction of sp³-hybridized carbons (Fsp3) is 0.111. The quantitative estimate of drug-likeness (QED) is 0.648. The van der Waals surface area contributed by atoms with Gasteiger partial charge in [-0.3, -0.25) is 6.08 Å². The molecule has 0 unspecified atom stereocenters. The summed E-state index contributed by atoms with van der Waals surface area (Å²) in [6.07, 6.45) is 2.44. The van der Waals surface area contributed by atoms with Crippen LogP contribution in [0.1, 0.15) is 5.56 Å². The third-order valence-corrected chi connectivity index (χ3v) is 1.11. The van der Waals surface area contributed by atoms with E-state index in [2.05, 4.69) is 6.07 Å². The summed E-state index contributed by atoms with van der Waals surface area (Å²) in [6, 6.07) is 10.9. The van der Waals surface area contributed by atoms with Crippen molar-refractivity contribution in [1.29, 1.82) is 0 Å². The molecule has 0 saturated carbocycles. The molecule has 0 fully saturated rings. The van der Waals surface area contributed by atoms with E-state index in [1.54, 1.807) is 6.08 Å². The van der Waals surface area contributed by atoms with Crippen LogP contribution in [0, 0.1) is 12.6 Å². The van der Waals surface area contributed by atoms with E-state index in [-0.39, 0.29) is 32.7 Å². The summed E-state index contributed by atoms with van der Waals surface area (Å²) in [5, 5.41) is 0. The van der Waals surface area contributed by atoms with E-state index in [0.29, 0.717) is 0 Å². The van der Waals surface area contributed by atoms with Crippen molar-refractivity contribution in [1.82, 2.24) is 0 Å². The van der Waals surface area contributed by atoms with Crippen molar-refractivity contribution in [2.24, 2.45) is 0 Å². The largest absolute Gasteiger partial charge is 0.518 e. The van der Waals surface area contributed by atoms with Crippen molar-refractivity contribution in [3.05, 3.63) is 48.6 Å². The Morgan fingerprint density at radius 2 is 2.30 bits per heavy atom. The molecule has 1 aromatic carbocycles. The molecule has 10 heavy (non-hydrogen) atoms. The van der Waals surface area contributed by atoms with Gasteiger partial charge in [-0.15, -0.1) is 0 Å². The van der Waals surface area contributed by atoms with Crippen molar-refractivity contribution in [2.45, 2.75) is 6.42 Å². The Hall–Kier alpha value is 0.0639. The molecule has 0 nitrogen and oxygen atoms in total. The first kappa shape index (κ1) is 10.1. The van der Waals surface area contributed by atoms with E-state index in [9.17, 15) is 0 Å². The molecule has 0 saturated heterocycles. The van der Waals surface area contributed by atoms with Gasteiger partial charge in [0, 0.05) is 32.7 Å². The Balaban J connectivity index is 0.000000810. The van der Waals surface area contributed by atoms with Gasteiger partial charge >= 0.3 is 0 Å². The van der Waals surface area contributed by atoms with Crippen LogP contribution < -0.4 is 0 Å². The van der Waals surface area contributed by atoms with Gasteiger partial charge in [-0.25, -0.2) is 0 Å². The SMILES string of the molecule is [CH-]=CCc1[c-]cccc1.[Y]. The van der Waals surface area contributed by atoms with Crippen LogP contribution in [0.15, 0.2) is 30.3 Å². The normalized spacial score (nSPS) is 8.00. The first-order valence-electron chi connectivity index (χ1n) is 2.92. The van der Waals surface area contributed by atoms with Crippen molar-refractivity contribution < 1.29 is 32.7 Å². The predicted octanol–water partition coefficient (Wildman–Crippen LogP) is 2.02. The van der Waals surface area contributed by atoms with Crippen molar-refractivity contribution in [2.75, 3.05) is 0 Å². The van der Waals surface area contributed by atoms with E-state index in [1.165, 1.54) is 0 Å². The topological polar surface area (TPSA) is 0 Å². The van der Waals surface area contributed by atoms with Crippen LogP contribution in [-0.4, -0.2) is 0 Å². The number of hydrogen-bond acceptors (Lipinski definition) is 0. The second-order valence-corrected chi connectivity index (χ2v) is 1.83. The van der Waals surface area contributed by atoms with Crippen LogP contribution in [0.4, 0.5) is 0 Å². The molecule has 0 aliphatic rings. The zero-order valence-electron chi connectivity index (χ0n) is 5.75. The first-order chi connectivity index (χ1) is 4.43. The summed E-state index contributed by atoms with van der Waals surface area (Å²) in [7, 11) is 0. The second kappa shape index (κ2) is 5.82. The molecule has 0 aliphatic carbocycles. The molecule has 49 valence electrons. The van der Waals surface area contributed by atoms with Crippen molar-refractivity contribution >= 4 is 0 Å². The van der Waals surface area contributed by atoms with Gasteiger partial charge in [-0.05, 0) is 0 Å². The van der Waals surface area contributed by atoms with E-state index in [1.807, 2.05) is 24.3 Å². The van der Waals surface area contributed by atoms with Gasteiger partial charge in [-0.1, -0.05) is 6.42 Å². The molecule has 1 radical (unpaired) electrons. The van der Waals surface area contributed by atoms with Crippen LogP contribution in [-0.2, 0) is 39.1 Å². The summed E-state index contributed by atoms with van der Waals surface area (Å²) < 4.78 is 0. The Morgan fingerprint density at radius 3 is 2.80 bits per heavy atom. The van der Waals surface area contributed by atoms with E-state index in [4.69, 9.17) is 6.58 Å². The summed E-state index contributed by atoms with van der Waals surface area (Å²) >= 11 is 0. The minimum Gasteiger partial charge on any atom is -0.518 e. The third-order valence-electron chi connectivity index (χ3n) is 1.11. The molecule has 0 aromatic heterocycles.